The molecule has 2 aromatic rings. The molecule has 1 aromatic heterocycles. The fraction of sp³-hybridized carbons (Fsp3) is 0.267. The van der Waals surface area contributed by atoms with Crippen molar-refractivity contribution in [1.29, 1.82) is 0 Å². The van der Waals surface area contributed by atoms with Crippen molar-refractivity contribution in [3.8, 4) is 0 Å². The topological polar surface area (TPSA) is 77.3 Å². The van der Waals surface area contributed by atoms with Crippen LogP contribution in [-0.2, 0) is 4.74 Å². The smallest absolute Gasteiger partial charge is 0.270 e. The van der Waals surface area contributed by atoms with E-state index in [9.17, 15) is 10.1 Å². The predicted molar refractivity (Wildman–Crippen MR) is 82.5 cm³/mol. The summed E-state index contributed by atoms with van der Waals surface area (Å²) in [5.41, 5.74) is 0.791. The van der Waals surface area contributed by atoms with Crippen molar-refractivity contribution in [2.24, 2.45) is 0 Å². The average Bonchev–Trinajstić information content (AvgIpc) is 2.50. The molecule has 0 aliphatic carbocycles. The number of non-ortho nitro benzene ring substituents is 1. The summed E-state index contributed by atoms with van der Waals surface area (Å²) in [6.07, 6.45) is 2.66. The summed E-state index contributed by atoms with van der Waals surface area (Å²) in [7, 11) is 0. The second-order valence-corrected chi connectivity index (χ2v) is 4.45. The van der Waals surface area contributed by atoms with E-state index in [1.165, 1.54) is 12.1 Å². The average molecular weight is 287 g/mol. The number of hydrogen-bond donors (Lipinski definition) is 1. The number of nitro benzene ring substituents is 1. The maximum atomic E-state index is 10.7. The van der Waals surface area contributed by atoms with Gasteiger partial charge in [-0.2, -0.15) is 0 Å². The van der Waals surface area contributed by atoms with Crippen LogP contribution in [0.1, 0.15) is 6.42 Å². The Kier molecular flexibility index (Phi) is 5.22. The summed E-state index contributed by atoms with van der Waals surface area (Å²) in [6, 6.07) is 8.24. The molecule has 0 fully saturated rings. The number of anilines is 1. The molecule has 0 spiro atoms. The fourth-order valence-electron chi connectivity index (χ4n) is 1.84. The predicted octanol–water partition coefficient (Wildman–Crippen LogP) is 3.15. The minimum absolute atomic E-state index is 0.0700. The third-order valence-electron chi connectivity index (χ3n) is 2.90. The number of benzene rings is 1. The number of pyridine rings is 1. The Labute approximate surface area is 122 Å². The highest BCUT2D eigenvalue weighted by molar-refractivity contribution is 5.82. The highest BCUT2D eigenvalue weighted by Gasteiger charge is 2.06. The van der Waals surface area contributed by atoms with E-state index in [2.05, 4.69) is 16.9 Å². The molecule has 1 heterocycles. The van der Waals surface area contributed by atoms with E-state index in [1.807, 2.05) is 12.1 Å². The number of fused-ring (bicyclic) bond motifs is 1. The first kappa shape index (κ1) is 14.9. The van der Waals surface area contributed by atoms with Crippen molar-refractivity contribution in [2.45, 2.75) is 6.42 Å². The fourth-order valence-corrected chi connectivity index (χ4v) is 1.84. The maximum Gasteiger partial charge on any atom is 0.270 e. The highest BCUT2D eigenvalue weighted by atomic mass is 16.6. The lowest BCUT2D eigenvalue weighted by Crippen LogP contribution is -2.10. The van der Waals surface area contributed by atoms with Gasteiger partial charge in [0.25, 0.3) is 5.69 Å². The van der Waals surface area contributed by atoms with Crippen molar-refractivity contribution in [3.63, 3.8) is 0 Å². The standard InChI is InChI=1S/C15H17N3O3/c1-2-3-9-21-10-8-16-15-7-4-12-11-13(18(19)20)5-6-14(12)17-15/h2,4-7,11H,1,3,8-10H2,(H,16,17). The molecule has 0 saturated heterocycles. The van der Waals surface area contributed by atoms with Crippen molar-refractivity contribution in [2.75, 3.05) is 25.1 Å². The molecule has 0 radical (unpaired) electrons. The molecular weight excluding hydrogens is 270 g/mol. The highest BCUT2D eigenvalue weighted by Crippen LogP contribution is 2.20. The first-order valence-electron chi connectivity index (χ1n) is 6.68. The Morgan fingerprint density at radius 1 is 1.33 bits per heavy atom. The molecule has 0 amide bonds. The Balaban J connectivity index is 1.94. The Bertz CT molecular complexity index is 643. The first-order chi connectivity index (χ1) is 10.2. The van der Waals surface area contributed by atoms with Crippen LogP contribution in [0.25, 0.3) is 10.9 Å². The minimum atomic E-state index is -0.411. The third-order valence-corrected chi connectivity index (χ3v) is 2.90. The summed E-state index contributed by atoms with van der Waals surface area (Å²) in [4.78, 5) is 14.7. The summed E-state index contributed by atoms with van der Waals surface area (Å²) in [5.74, 6) is 0.726. The van der Waals surface area contributed by atoms with E-state index in [0.29, 0.717) is 19.8 Å². The zero-order chi connectivity index (χ0) is 15.1. The number of nitrogens with one attached hydrogen (secondary N) is 1. The van der Waals surface area contributed by atoms with Crippen molar-refractivity contribution in [3.05, 3.63) is 53.1 Å². The molecule has 0 aliphatic heterocycles. The van der Waals surface area contributed by atoms with Crippen LogP contribution in [0.4, 0.5) is 11.5 Å². The van der Waals surface area contributed by atoms with Crippen molar-refractivity contribution >= 4 is 22.4 Å². The molecular formula is C15H17N3O3. The lowest BCUT2D eigenvalue weighted by Gasteiger charge is -2.07. The molecule has 0 atom stereocenters. The van der Waals surface area contributed by atoms with Crippen molar-refractivity contribution < 1.29 is 9.66 Å². The van der Waals surface area contributed by atoms with Gasteiger partial charge in [0.15, 0.2) is 0 Å². The van der Waals surface area contributed by atoms with Gasteiger partial charge in [0, 0.05) is 24.1 Å². The maximum absolute atomic E-state index is 10.7. The molecule has 110 valence electrons. The van der Waals surface area contributed by atoms with E-state index in [1.54, 1.807) is 12.1 Å². The lowest BCUT2D eigenvalue weighted by molar-refractivity contribution is -0.384. The van der Waals surface area contributed by atoms with Gasteiger partial charge >= 0.3 is 0 Å². The van der Waals surface area contributed by atoms with Gasteiger partial charge in [-0.15, -0.1) is 6.58 Å². The molecule has 21 heavy (non-hydrogen) atoms. The number of aromatic nitrogens is 1. The second-order valence-electron chi connectivity index (χ2n) is 4.45. The van der Waals surface area contributed by atoms with Crippen LogP contribution in [0.3, 0.4) is 0 Å². The molecule has 2 rings (SSSR count). The number of hydrogen-bond acceptors (Lipinski definition) is 5. The van der Waals surface area contributed by atoms with E-state index in [4.69, 9.17) is 4.74 Å². The van der Waals surface area contributed by atoms with Gasteiger partial charge < -0.3 is 10.1 Å². The van der Waals surface area contributed by atoms with Gasteiger partial charge in [0.2, 0.25) is 0 Å². The van der Waals surface area contributed by atoms with Crippen LogP contribution in [0.5, 0.6) is 0 Å². The normalized spacial score (nSPS) is 10.5. The Hall–Kier alpha value is -2.47. The summed E-state index contributed by atoms with van der Waals surface area (Å²) in [6.45, 7) is 5.54. The van der Waals surface area contributed by atoms with Gasteiger partial charge in [0.1, 0.15) is 5.82 Å². The van der Waals surface area contributed by atoms with Crippen LogP contribution >= 0.6 is 0 Å². The van der Waals surface area contributed by atoms with Gasteiger partial charge in [-0.3, -0.25) is 10.1 Å². The molecule has 6 nitrogen and oxygen atoms in total. The van der Waals surface area contributed by atoms with Crippen LogP contribution < -0.4 is 5.32 Å². The van der Waals surface area contributed by atoms with Gasteiger partial charge in [0.05, 0.1) is 23.7 Å². The summed E-state index contributed by atoms with van der Waals surface area (Å²) in [5, 5.41) is 14.6. The monoisotopic (exact) mass is 287 g/mol. The van der Waals surface area contributed by atoms with E-state index in [-0.39, 0.29) is 5.69 Å². The van der Waals surface area contributed by atoms with E-state index in [0.717, 1.165) is 23.1 Å². The molecule has 1 N–H and O–H groups in total. The van der Waals surface area contributed by atoms with E-state index >= 15 is 0 Å². The van der Waals surface area contributed by atoms with Crippen LogP contribution in [-0.4, -0.2) is 29.7 Å². The molecule has 0 bridgehead atoms. The number of nitrogens with zero attached hydrogens (tertiary/aromatic N) is 2. The van der Waals surface area contributed by atoms with Crippen LogP contribution in [0.2, 0.25) is 0 Å². The minimum Gasteiger partial charge on any atom is -0.379 e. The Morgan fingerprint density at radius 2 is 2.19 bits per heavy atom. The Morgan fingerprint density at radius 3 is 2.95 bits per heavy atom. The quantitative estimate of drug-likeness (QED) is 0.349. The lowest BCUT2D eigenvalue weighted by atomic mass is 10.2. The third kappa shape index (κ3) is 4.25. The molecule has 6 heteroatoms. The van der Waals surface area contributed by atoms with Crippen LogP contribution in [0, 0.1) is 10.1 Å². The number of ether oxygens (including phenoxy) is 1. The second kappa shape index (κ2) is 7.35. The number of rotatable bonds is 8. The van der Waals surface area contributed by atoms with Gasteiger partial charge in [-0.05, 0) is 24.6 Å². The molecule has 0 aliphatic rings. The first-order valence-corrected chi connectivity index (χ1v) is 6.68. The zero-order valence-electron chi connectivity index (χ0n) is 11.6. The SMILES string of the molecule is C=CCCOCCNc1ccc2cc([N+](=O)[O-])ccc2n1. The molecule has 0 unspecified atom stereocenters. The molecule has 0 saturated carbocycles. The largest absolute Gasteiger partial charge is 0.379 e. The summed E-state index contributed by atoms with van der Waals surface area (Å²) < 4.78 is 5.39. The summed E-state index contributed by atoms with van der Waals surface area (Å²) >= 11 is 0. The van der Waals surface area contributed by atoms with E-state index < -0.39 is 4.92 Å². The zero-order valence-corrected chi connectivity index (χ0v) is 11.6. The van der Waals surface area contributed by atoms with Gasteiger partial charge in [-0.25, -0.2) is 4.98 Å². The van der Waals surface area contributed by atoms with Gasteiger partial charge in [-0.1, -0.05) is 6.08 Å². The van der Waals surface area contributed by atoms with Crippen LogP contribution in [0.15, 0.2) is 43.0 Å². The number of nitro groups is 1. The van der Waals surface area contributed by atoms with Crippen molar-refractivity contribution in [1.82, 2.24) is 4.98 Å². The molecule has 1 aromatic carbocycles.